The second kappa shape index (κ2) is 9.35. The number of esters is 1. The van der Waals surface area contributed by atoms with Gasteiger partial charge in [0.15, 0.2) is 0 Å². The van der Waals surface area contributed by atoms with E-state index < -0.39 is 0 Å². The van der Waals surface area contributed by atoms with Gasteiger partial charge in [-0.25, -0.2) is 9.78 Å². The van der Waals surface area contributed by atoms with Gasteiger partial charge in [-0.2, -0.15) is 0 Å². The molecule has 0 saturated carbocycles. The molecule has 2 aromatic rings. The molecule has 0 radical (unpaired) electrons. The Hall–Kier alpha value is -2.82. The van der Waals surface area contributed by atoms with E-state index in [1.807, 2.05) is 54.4 Å². The first kappa shape index (κ1) is 17.5. The molecule has 1 heterocycles. The van der Waals surface area contributed by atoms with Crippen LogP contribution in [-0.2, 0) is 9.53 Å². The summed E-state index contributed by atoms with van der Waals surface area (Å²) in [6, 6.07) is 13.4. The largest absolute Gasteiger partial charge is 0.492 e. The number of aromatic nitrogens is 1. The fourth-order valence-electron chi connectivity index (χ4n) is 2.02. The fraction of sp³-hybridized carbons (Fsp3) is 0.263. The normalized spacial score (nSPS) is 10.6. The number of ether oxygens (including phenoxy) is 2. The molecular formula is C19H22N2O3. The van der Waals surface area contributed by atoms with Gasteiger partial charge in [-0.05, 0) is 42.8 Å². The van der Waals surface area contributed by atoms with E-state index in [4.69, 9.17) is 9.47 Å². The van der Waals surface area contributed by atoms with E-state index >= 15 is 0 Å². The minimum absolute atomic E-state index is 0.338. The fourth-order valence-corrected chi connectivity index (χ4v) is 2.02. The predicted molar refractivity (Wildman–Crippen MR) is 95.1 cm³/mol. The molecule has 0 aliphatic heterocycles. The third-order valence-electron chi connectivity index (χ3n) is 3.31. The minimum Gasteiger partial charge on any atom is -0.492 e. The van der Waals surface area contributed by atoms with Crippen molar-refractivity contribution < 1.29 is 14.3 Å². The van der Waals surface area contributed by atoms with Crippen molar-refractivity contribution in [2.45, 2.75) is 6.92 Å². The Kier molecular flexibility index (Phi) is 6.83. The van der Waals surface area contributed by atoms with E-state index in [9.17, 15) is 4.79 Å². The number of carbonyl (C=O) groups excluding carboxylic acids is 1. The second-order valence-electron chi connectivity index (χ2n) is 5.11. The number of likely N-dealkylation sites (N-methyl/N-ethyl adjacent to an activating group) is 1. The Morgan fingerprint density at radius 3 is 2.67 bits per heavy atom. The lowest BCUT2D eigenvalue weighted by Gasteiger charge is -2.18. The van der Waals surface area contributed by atoms with Gasteiger partial charge < -0.3 is 14.4 Å². The van der Waals surface area contributed by atoms with Gasteiger partial charge >= 0.3 is 5.97 Å². The molecule has 1 aromatic carbocycles. The maximum atomic E-state index is 11.3. The van der Waals surface area contributed by atoms with Gasteiger partial charge in [-0.1, -0.05) is 18.2 Å². The van der Waals surface area contributed by atoms with Crippen LogP contribution in [0.3, 0.4) is 0 Å². The first-order chi connectivity index (χ1) is 11.7. The van der Waals surface area contributed by atoms with Gasteiger partial charge in [0.1, 0.15) is 18.2 Å². The average molecular weight is 326 g/mol. The molecule has 0 N–H and O–H groups in total. The lowest BCUT2D eigenvalue weighted by molar-refractivity contribution is -0.137. The highest BCUT2D eigenvalue weighted by Gasteiger charge is 2.01. The Morgan fingerprint density at radius 1 is 1.21 bits per heavy atom. The molecule has 0 saturated heterocycles. The van der Waals surface area contributed by atoms with E-state index in [2.05, 4.69) is 4.98 Å². The summed E-state index contributed by atoms with van der Waals surface area (Å²) in [6.45, 7) is 3.46. The summed E-state index contributed by atoms with van der Waals surface area (Å²) in [5.41, 5.74) is 0.918. The Bertz CT molecular complexity index is 654. The van der Waals surface area contributed by atoms with E-state index in [1.165, 1.54) is 6.08 Å². The average Bonchev–Trinajstić information content (AvgIpc) is 2.62. The van der Waals surface area contributed by atoms with Crippen LogP contribution >= 0.6 is 0 Å². The maximum Gasteiger partial charge on any atom is 0.330 e. The zero-order chi connectivity index (χ0) is 17.2. The van der Waals surface area contributed by atoms with Crippen molar-refractivity contribution in [1.29, 1.82) is 0 Å². The molecular weight excluding hydrogens is 304 g/mol. The monoisotopic (exact) mass is 326 g/mol. The number of anilines is 1. The third-order valence-corrected chi connectivity index (χ3v) is 3.31. The molecule has 0 unspecified atom stereocenters. The lowest BCUT2D eigenvalue weighted by Crippen LogP contribution is -2.24. The lowest BCUT2D eigenvalue weighted by atomic mass is 10.2. The molecule has 5 nitrogen and oxygen atoms in total. The first-order valence-electron chi connectivity index (χ1n) is 7.89. The number of carbonyl (C=O) groups is 1. The van der Waals surface area contributed by atoms with Crippen LogP contribution in [0.25, 0.3) is 6.08 Å². The van der Waals surface area contributed by atoms with Crippen LogP contribution in [0.1, 0.15) is 12.5 Å². The summed E-state index contributed by atoms with van der Waals surface area (Å²) >= 11 is 0. The molecule has 0 atom stereocenters. The highest BCUT2D eigenvalue weighted by molar-refractivity contribution is 5.87. The molecule has 5 heteroatoms. The number of hydrogen-bond donors (Lipinski definition) is 0. The summed E-state index contributed by atoms with van der Waals surface area (Å²) in [5, 5.41) is 0. The van der Waals surface area contributed by atoms with Crippen molar-refractivity contribution in [3.8, 4) is 5.75 Å². The summed E-state index contributed by atoms with van der Waals surface area (Å²) in [7, 11) is 1.98. The Labute approximate surface area is 142 Å². The van der Waals surface area contributed by atoms with Gasteiger partial charge in [0, 0.05) is 19.3 Å². The van der Waals surface area contributed by atoms with Gasteiger partial charge in [-0.3, -0.25) is 0 Å². The minimum atomic E-state index is -0.338. The summed E-state index contributed by atoms with van der Waals surface area (Å²) in [4.78, 5) is 17.6. The maximum absolute atomic E-state index is 11.3. The van der Waals surface area contributed by atoms with Gasteiger partial charge in [0.25, 0.3) is 0 Å². The quantitative estimate of drug-likeness (QED) is 0.551. The van der Waals surface area contributed by atoms with Crippen LogP contribution < -0.4 is 9.64 Å². The topological polar surface area (TPSA) is 51.7 Å². The van der Waals surface area contributed by atoms with Crippen LogP contribution in [0.5, 0.6) is 5.75 Å². The molecule has 0 aliphatic rings. The number of pyridine rings is 1. The van der Waals surface area contributed by atoms with Crippen molar-refractivity contribution in [2.24, 2.45) is 0 Å². The number of hydrogen-bond acceptors (Lipinski definition) is 5. The molecule has 0 fully saturated rings. The zero-order valence-electron chi connectivity index (χ0n) is 14.0. The Morgan fingerprint density at radius 2 is 2.00 bits per heavy atom. The smallest absolute Gasteiger partial charge is 0.330 e. The SMILES string of the molecule is CCOC(=O)C=Cc1ccc(OCCN(C)c2ccccn2)cc1. The van der Waals surface area contributed by atoms with Crippen LogP contribution in [0.15, 0.2) is 54.7 Å². The van der Waals surface area contributed by atoms with E-state index in [1.54, 1.807) is 19.2 Å². The van der Waals surface area contributed by atoms with E-state index in [-0.39, 0.29) is 5.97 Å². The molecule has 0 spiro atoms. The molecule has 0 aliphatic carbocycles. The predicted octanol–water partition coefficient (Wildman–Crippen LogP) is 3.17. The van der Waals surface area contributed by atoms with Crippen molar-refractivity contribution in [3.63, 3.8) is 0 Å². The van der Waals surface area contributed by atoms with Gasteiger partial charge in [0.2, 0.25) is 0 Å². The second-order valence-corrected chi connectivity index (χ2v) is 5.11. The van der Waals surface area contributed by atoms with Crippen LogP contribution in [0.2, 0.25) is 0 Å². The van der Waals surface area contributed by atoms with E-state index in [0.717, 1.165) is 23.7 Å². The van der Waals surface area contributed by atoms with Crippen LogP contribution in [0.4, 0.5) is 5.82 Å². The van der Waals surface area contributed by atoms with Crippen LogP contribution in [-0.4, -0.2) is 37.8 Å². The highest BCUT2D eigenvalue weighted by Crippen LogP contribution is 2.14. The highest BCUT2D eigenvalue weighted by atomic mass is 16.5. The number of nitrogens with zero attached hydrogens (tertiary/aromatic N) is 2. The van der Waals surface area contributed by atoms with E-state index in [0.29, 0.717) is 13.2 Å². The van der Waals surface area contributed by atoms with Gasteiger partial charge in [-0.15, -0.1) is 0 Å². The number of benzene rings is 1. The van der Waals surface area contributed by atoms with Gasteiger partial charge in [0.05, 0.1) is 13.2 Å². The molecule has 0 bridgehead atoms. The summed E-state index contributed by atoms with van der Waals surface area (Å²) in [5.74, 6) is 1.37. The van der Waals surface area contributed by atoms with Crippen molar-refractivity contribution in [2.75, 3.05) is 31.7 Å². The molecule has 24 heavy (non-hydrogen) atoms. The van der Waals surface area contributed by atoms with Crippen molar-refractivity contribution in [1.82, 2.24) is 4.98 Å². The molecule has 1 aromatic heterocycles. The summed E-state index contributed by atoms with van der Waals surface area (Å²) < 4.78 is 10.6. The standard InChI is InChI=1S/C19H22N2O3/c1-3-23-19(22)12-9-16-7-10-17(11-8-16)24-15-14-21(2)18-6-4-5-13-20-18/h4-13H,3,14-15H2,1-2H3. The zero-order valence-corrected chi connectivity index (χ0v) is 14.0. The summed E-state index contributed by atoms with van der Waals surface area (Å²) in [6.07, 6.45) is 4.91. The van der Waals surface area contributed by atoms with Crippen LogP contribution in [0, 0.1) is 0 Å². The van der Waals surface area contributed by atoms with Crippen molar-refractivity contribution >= 4 is 17.9 Å². The third kappa shape index (κ3) is 5.76. The Balaban J connectivity index is 1.78. The first-order valence-corrected chi connectivity index (χ1v) is 7.89. The molecule has 0 amide bonds. The van der Waals surface area contributed by atoms with Crippen molar-refractivity contribution in [3.05, 3.63) is 60.3 Å². The molecule has 126 valence electrons. The number of rotatable bonds is 8. The molecule has 2 rings (SSSR count).